The number of nitrogens with zero attached hydrogens (tertiary/aromatic N) is 2. The minimum Gasteiger partial charge on any atom is -1.00 e. The van der Waals surface area contributed by atoms with E-state index in [4.69, 9.17) is 0 Å². The van der Waals surface area contributed by atoms with Crippen molar-refractivity contribution in [1.82, 2.24) is 4.90 Å². The van der Waals surface area contributed by atoms with Crippen molar-refractivity contribution in [3.8, 4) is 0 Å². The first-order valence-electron chi connectivity index (χ1n) is 4.93. The minimum absolute atomic E-state index is 0. The Labute approximate surface area is 108 Å². The van der Waals surface area contributed by atoms with Crippen LogP contribution in [0.5, 0.6) is 0 Å². The molecule has 0 radical (unpaired) electrons. The van der Waals surface area contributed by atoms with E-state index < -0.39 is 0 Å². The quantitative estimate of drug-likeness (QED) is 0.467. The molecule has 0 aliphatic rings. The highest BCUT2D eigenvalue weighted by molar-refractivity contribution is 5.93. The maximum Gasteiger partial charge on any atom is 0.254 e. The summed E-state index contributed by atoms with van der Waals surface area (Å²) in [5.41, 5.74) is 0.756. The number of carbonyl (C=O) groups is 1. The molecule has 0 spiro atoms. The Morgan fingerprint density at radius 1 is 1.27 bits per heavy atom. The molecule has 1 aromatic heterocycles. The standard InChI is InChI=1S/C11H17N2O.HI/c1-4-13(5-2)11(14)10-6-8-12(3)9-7-10;/h6-9H,4-5H2,1-3H3;1H/q+1;/p-1. The predicted molar refractivity (Wildman–Crippen MR) is 54.9 cm³/mol. The van der Waals surface area contributed by atoms with Crippen LogP contribution >= 0.6 is 0 Å². The van der Waals surface area contributed by atoms with Gasteiger partial charge in [-0.1, -0.05) is 0 Å². The Bertz CT molecular complexity index is 307. The SMILES string of the molecule is CCN(CC)C(=O)c1cc[n+](C)cc1.[I-]. The molecule has 1 heterocycles. The van der Waals surface area contributed by atoms with Crippen molar-refractivity contribution >= 4 is 5.91 Å². The van der Waals surface area contributed by atoms with Crippen molar-refractivity contribution < 1.29 is 33.3 Å². The number of hydrogen-bond donors (Lipinski definition) is 0. The Morgan fingerprint density at radius 2 is 1.73 bits per heavy atom. The van der Waals surface area contributed by atoms with Gasteiger partial charge < -0.3 is 28.9 Å². The van der Waals surface area contributed by atoms with Crippen LogP contribution in [0.15, 0.2) is 24.5 Å². The third kappa shape index (κ3) is 3.77. The summed E-state index contributed by atoms with van der Waals surface area (Å²) in [4.78, 5) is 13.6. The highest BCUT2D eigenvalue weighted by atomic mass is 127. The summed E-state index contributed by atoms with van der Waals surface area (Å²) in [6, 6.07) is 3.70. The van der Waals surface area contributed by atoms with Crippen LogP contribution in [-0.2, 0) is 7.05 Å². The summed E-state index contributed by atoms with van der Waals surface area (Å²) in [5, 5.41) is 0. The molecule has 0 atom stereocenters. The van der Waals surface area contributed by atoms with Crippen molar-refractivity contribution in [2.75, 3.05) is 13.1 Å². The second-order valence-corrected chi connectivity index (χ2v) is 3.23. The van der Waals surface area contributed by atoms with Gasteiger partial charge in [-0.2, -0.15) is 0 Å². The fraction of sp³-hybridized carbons (Fsp3) is 0.455. The highest BCUT2D eigenvalue weighted by Gasteiger charge is 2.12. The average Bonchev–Trinajstić information content (AvgIpc) is 2.20. The maximum absolute atomic E-state index is 11.8. The van der Waals surface area contributed by atoms with Gasteiger partial charge >= 0.3 is 0 Å². The first-order chi connectivity index (χ1) is 6.69. The zero-order valence-electron chi connectivity index (χ0n) is 9.40. The average molecular weight is 320 g/mol. The molecule has 0 N–H and O–H groups in total. The van der Waals surface area contributed by atoms with Crippen LogP contribution in [0, 0.1) is 0 Å². The lowest BCUT2D eigenvalue weighted by molar-refractivity contribution is -0.671. The van der Waals surface area contributed by atoms with Crippen LogP contribution < -0.4 is 28.5 Å². The fourth-order valence-electron chi connectivity index (χ4n) is 1.34. The topological polar surface area (TPSA) is 24.2 Å². The van der Waals surface area contributed by atoms with Gasteiger partial charge in [-0.15, -0.1) is 0 Å². The number of halogens is 1. The minimum atomic E-state index is 0. The summed E-state index contributed by atoms with van der Waals surface area (Å²) < 4.78 is 1.92. The van der Waals surface area contributed by atoms with Gasteiger partial charge in [0.25, 0.3) is 5.91 Å². The summed E-state index contributed by atoms with van der Waals surface area (Å²) in [6.07, 6.45) is 3.77. The molecule has 0 fully saturated rings. The zero-order valence-corrected chi connectivity index (χ0v) is 11.6. The molecule has 1 rings (SSSR count). The molecule has 0 saturated carbocycles. The van der Waals surface area contributed by atoms with Crippen molar-refractivity contribution in [3.63, 3.8) is 0 Å². The third-order valence-corrected chi connectivity index (χ3v) is 2.28. The number of carbonyl (C=O) groups excluding carboxylic acids is 1. The Balaban J connectivity index is 0.00000196. The third-order valence-electron chi connectivity index (χ3n) is 2.28. The number of amides is 1. The Hall–Kier alpha value is -0.650. The lowest BCUT2D eigenvalue weighted by Crippen LogP contribution is -3.00. The largest absolute Gasteiger partial charge is 1.00 e. The van der Waals surface area contributed by atoms with Gasteiger partial charge in [0.2, 0.25) is 0 Å². The smallest absolute Gasteiger partial charge is 0.254 e. The van der Waals surface area contributed by atoms with Gasteiger partial charge in [0.15, 0.2) is 12.4 Å². The summed E-state index contributed by atoms with van der Waals surface area (Å²) in [7, 11) is 1.94. The molecular weight excluding hydrogens is 303 g/mol. The van der Waals surface area contributed by atoms with Crippen LogP contribution in [0.3, 0.4) is 0 Å². The van der Waals surface area contributed by atoms with E-state index in [9.17, 15) is 4.79 Å². The van der Waals surface area contributed by atoms with Gasteiger partial charge in [0.1, 0.15) is 7.05 Å². The van der Waals surface area contributed by atoms with E-state index in [-0.39, 0.29) is 29.9 Å². The summed E-state index contributed by atoms with van der Waals surface area (Å²) >= 11 is 0. The molecular formula is C11H17IN2O. The molecule has 0 bridgehead atoms. The summed E-state index contributed by atoms with van der Waals surface area (Å²) in [5.74, 6) is 0.107. The lowest BCUT2D eigenvalue weighted by Gasteiger charge is -2.17. The van der Waals surface area contributed by atoms with E-state index in [2.05, 4.69) is 0 Å². The molecule has 0 saturated heterocycles. The highest BCUT2D eigenvalue weighted by Crippen LogP contribution is 2.01. The van der Waals surface area contributed by atoms with Crippen LogP contribution in [0.25, 0.3) is 0 Å². The number of aromatic nitrogens is 1. The van der Waals surface area contributed by atoms with Crippen molar-refractivity contribution in [3.05, 3.63) is 30.1 Å². The molecule has 0 unspecified atom stereocenters. The Kier molecular flexibility index (Phi) is 6.47. The second kappa shape index (κ2) is 6.76. The van der Waals surface area contributed by atoms with E-state index in [1.165, 1.54) is 0 Å². The van der Waals surface area contributed by atoms with Crippen molar-refractivity contribution in [2.24, 2.45) is 7.05 Å². The van der Waals surface area contributed by atoms with Crippen molar-refractivity contribution in [2.45, 2.75) is 13.8 Å². The molecule has 15 heavy (non-hydrogen) atoms. The number of aryl methyl sites for hydroxylation is 1. The molecule has 0 aliphatic heterocycles. The number of rotatable bonds is 3. The molecule has 1 amide bonds. The van der Waals surface area contributed by atoms with E-state index in [0.29, 0.717) is 0 Å². The van der Waals surface area contributed by atoms with E-state index >= 15 is 0 Å². The van der Waals surface area contributed by atoms with E-state index in [1.54, 1.807) is 0 Å². The van der Waals surface area contributed by atoms with Gasteiger partial charge in [-0.05, 0) is 13.8 Å². The second-order valence-electron chi connectivity index (χ2n) is 3.23. The zero-order chi connectivity index (χ0) is 10.6. The first-order valence-corrected chi connectivity index (χ1v) is 4.93. The van der Waals surface area contributed by atoms with Crippen LogP contribution in [0.4, 0.5) is 0 Å². The van der Waals surface area contributed by atoms with Crippen LogP contribution in [-0.4, -0.2) is 23.9 Å². The lowest BCUT2D eigenvalue weighted by atomic mass is 10.2. The Morgan fingerprint density at radius 3 is 2.13 bits per heavy atom. The number of hydrogen-bond acceptors (Lipinski definition) is 1. The van der Waals surface area contributed by atoms with Crippen LogP contribution in [0.2, 0.25) is 0 Å². The fourth-order valence-corrected chi connectivity index (χ4v) is 1.34. The summed E-state index contributed by atoms with van der Waals surface area (Å²) in [6.45, 7) is 5.50. The molecule has 4 heteroatoms. The first kappa shape index (κ1) is 14.3. The van der Waals surface area contributed by atoms with Crippen molar-refractivity contribution in [1.29, 1.82) is 0 Å². The predicted octanol–water partition coefficient (Wildman–Crippen LogP) is -2.00. The van der Waals surface area contributed by atoms with Gasteiger partial charge in [-0.3, -0.25) is 4.79 Å². The van der Waals surface area contributed by atoms with Crippen LogP contribution in [0.1, 0.15) is 24.2 Å². The van der Waals surface area contributed by atoms with Gasteiger partial charge in [0, 0.05) is 25.2 Å². The molecule has 3 nitrogen and oxygen atoms in total. The monoisotopic (exact) mass is 320 g/mol. The molecule has 84 valence electrons. The molecule has 0 aromatic carbocycles. The maximum atomic E-state index is 11.8. The number of pyridine rings is 1. The normalized spacial score (nSPS) is 9.27. The van der Waals surface area contributed by atoms with Gasteiger partial charge in [-0.25, -0.2) is 4.57 Å². The van der Waals surface area contributed by atoms with E-state index in [1.807, 2.05) is 54.9 Å². The molecule has 1 aromatic rings. The van der Waals surface area contributed by atoms with E-state index in [0.717, 1.165) is 18.7 Å². The van der Waals surface area contributed by atoms with Gasteiger partial charge in [0.05, 0.1) is 5.56 Å². The molecule has 0 aliphatic carbocycles.